The summed E-state index contributed by atoms with van der Waals surface area (Å²) < 4.78 is 51.9. The first kappa shape index (κ1) is 19.4. The molecule has 6 nitrogen and oxygen atoms in total. The van der Waals surface area contributed by atoms with Gasteiger partial charge in [0.2, 0.25) is 0 Å². The molecule has 10 heteroatoms. The maximum absolute atomic E-state index is 13.6. The zero-order valence-electron chi connectivity index (χ0n) is 14.9. The second kappa shape index (κ2) is 7.47. The van der Waals surface area contributed by atoms with Gasteiger partial charge in [-0.1, -0.05) is 10.4 Å². The summed E-state index contributed by atoms with van der Waals surface area (Å²) in [4.78, 5) is 4.90. The van der Waals surface area contributed by atoms with Crippen molar-refractivity contribution in [1.82, 2.24) is 9.78 Å². The lowest BCUT2D eigenvalue weighted by molar-refractivity contribution is -0.140. The molecular formula is C19H14F3N3O3S. The SMILES string of the molecule is COc1ccc2c(ccc3c(C(F)(F)F)nn(-c4ccc(OOSN)cc4)c32)c1. The van der Waals surface area contributed by atoms with Crippen molar-refractivity contribution in [1.29, 1.82) is 0 Å². The van der Waals surface area contributed by atoms with Crippen LogP contribution in [0.2, 0.25) is 0 Å². The van der Waals surface area contributed by atoms with Crippen LogP contribution in [-0.2, 0) is 10.5 Å². The number of fused-ring (bicyclic) bond motifs is 3. The third-order valence-electron chi connectivity index (χ3n) is 4.38. The first-order valence-corrected chi connectivity index (χ1v) is 9.10. The molecule has 0 aliphatic carbocycles. The van der Waals surface area contributed by atoms with Crippen LogP contribution in [0.15, 0.2) is 54.6 Å². The zero-order valence-corrected chi connectivity index (χ0v) is 15.8. The predicted octanol–water partition coefficient (Wildman–Crippen LogP) is 5.04. The van der Waals surface area contributed by atoms with Crippen LogP contribution in [0.3, 0.4) is 0 Å². The Morgan fingerprint density at radius 3 is 2.31 bits per heavy atom. The second-order valence-corrected chi connectivity index (χ2v) is 6.38. The van der Waals surface area contributed by atoms with Gasteiger partial charge in [-0.3, -0.25) is 5.14 Å². The Hall–Kier alpha value is -2.95. The van der Waals surface area contributed by atoms with Crippen LogP contribution < -0.4 is 14.8 Å². The minimum absolute atomic E-state index is 0.0124. The van der Waals surface area contributed by atoms with E-state index >= 15 is 0 Å². The number of alkyl halides is 3. The van der Waals surface area contributed by atoms with Gasteiger partial charge >= 0.3 is 6.18 Å². The zero-order chi connectivity index (χ0) is 20.6. The van der Waals surface area contributed by atoms with Gasteiger partial charge in [-0.25, -0.2) is 4.68 Å². The molecule has 0 unspecified atom stereocenters. The number of nitrogens with zero attached hydrogens (tertiary/aromatic N) is 2. The Morgan fingerprint density at radius 1 is 0.966 bits per heavy atom. The highest BCUT2D eigenvalue weighted by Gasteiger charge is 2.37. The molecule has 1 heterocycles. The summed E-state index contributed by atoms with van der Waals surface area (Å²) >= 11 is 0.534. The van der Waals surface area contributed by atoms with Gasteiger partial charge < -0.3 is 9.62 Å². The number of aromatic nitrogens is 2. The van der Waals surface area contributed by atoms with E-state index in [0.29, 0.717) is 40.3 Å². The highest BCUT2D eigenvalue weighted by atomic mass is 32.2. The molecule has 29 heavy (non-hydrogen) atoms. The first-order valence-electron chi connectivity index (χ1n) is 8.29. The molecule has 0 saturated heterocycles. The fourth-order valence-corrected chi connectivity index (χ4v) is 3.26. The topological polar surface area (TPSA) is 71.5 Å². The van der Waals surface area contributed by atoms with E-state index in [4.69, 9.17) is 14.8 Å². The van der Waals surface area contributed by atoms with E-state index in [0.717, 1.165) is 5.39 Å². The quantitative estimate of drug-likeness (QED) is 0.211. The monoisotopic (exact) mass is 421 g/mol. The van der Waals surface area contributed by atoms with Crippen LogP contribution >= 0.6 is 12.2 Å². The highest BCUT2D eigenvalue weighted by Crippen LogP contribution is 2.38. The van der Waals surface area contributed by atoms with Gasteiger partial charge in [-0.05, 0) is 53.9 Å². The summed E-state index contributed by atoms with van der Waals surface area (Å²) in [7, 11) is 1.53. The average Bonchev–Trinajstić information content (AvgIpc) is 3.12. The third kappa shape index (κ3) is 3.57. The molecule has 4 aromatic rings. The Morgan fingerprint density at radius 2 is 1.66 bits per heavy atom. The van der Waals surface area contributed by atoms with Crippen molar-refractivity contribution in [3.63, 3.8) is 0 Å². The number of rotatable bonds is 5. The second-order valence-electron chi connectivity index (χ2n) is 6.05. The molecule has 4 rings (SSSR count). The summed E-state index contributed by atoms with van der Waals surface area (Å²) in [5.74, 6) is 0.951. The largest absolute Gasteiger partial charge is 0.497 e. The Bertz CT molecular complexity index is 1180. The molecule has 0 spiro atoms. The highest BCUT2D eigenvalue weighted by molar-refractivity contribution is 7.92. The molecular weight excluding hydrogens is 407 g/mol. The molecule has 0 aliphatic rings. The molecule has 0 saturated carbocycles. The molecule has 0 radical (unpaired) electrons. The number of hydrogen-bond acceptors (Lipinski definition) is 6. The lowest BCUT2D eigenvalue weighted by atomic mass is 10.1. The Labute approximate surface area is 167 Å². The molecule has 3 aromatic carbocycles. The number of nitrogens with two attached hydrogens (primary N) is 1. The van der Waals surface area contributed by atoms with Crippen molar-refractivity contribution >= 4 is 33.9 Å². The molecule has 0 bridgehead atoms. The minimum Gasteiger partial charge on any atom is -0.497 e. The van der Waals surface area contributed by atoms with Crippen molar-refractivity contribution < 1.29 is 27.1 Å². The number of benzene rings is 3. The fourth-order valence-electron chi connectivity index (χ4n) is 3.14. The third-order valence-corrected chi connectivity index (χ3v) is 4.53. The lowest BCUT2D eigenvalue weighted by Crippen LogP contribution is -2.07. The summed E-state index contributed by atoms with van der Waals surface area (Å²) in [6.45, 7) is 0. The van der Waals surface area contributed by atoms with E-state index in [1.54, 1.807) is 48.5 Å². The van der Waals surface area contributed by atoms with E-state index in [1.165, 1.54) is 17.9 Å². The van der Waals surface area contributed by atoms with E-state index in [1.807, 2.05) is 0 Å². The molecule has 150 valence electrons. The molecule has 0 aliphatic heterocycles. The van der Waals surface area contributed by atoms with Crippen LogP contribution in [0.25, 0.3) is 27.4 Å². The molecule has 0 fully saturated rings. The Kier molecular flexibility index (Phi) is 4.99. The standard InChI is InChI=1S/C19H14F3N3O3S/c1-26-14-7-9-15-11(10-14)2-8-16-17(15)25(24-18(16)19(20,21)22)12-3-5-13(6-4-12)27-28-29-23/h2-10H,23H2,1H3. The van der Waals surface area contributed by atoms with E-state index in [9.17, 15) is 13.2 Å². The lowest BCUT2D eigenvalue weighted by Gasteiger charge is -2.08. The van der Waals surface area contributed by atoms with Crippen molar-refractivity contribution in [2.45, 2.75) is 6.18 Å². The molecule has 0 amide bonds. The number of halogens is 3. The van der Waals surface area contributed by atoms with Crippen molar-refractivity contribution in [3.8, 4) is 17.2 Å². The van der Waals surface area contributed by atoms with E-state index < -0.39 is 11.9 Å². The van der Waals surface area contributed by atoms with Gasteiger partial charge in [0.05, 0.1) is 18.3 Å². The number of methoxy groups -OCH3 is 1. The number of ether oxygens (including phenoxy) is 1. The maximum atomic E-state index is 13.6. The summed E-state index contributed by atoms with van der Waals surface area (Å²) in [6.07, 6.45) is -4.60. The van der Waals surface area contributed by atoms with E-state index in [2.05, 4.69) is 9.43 Å². The smallest absolute Gasteiger partial charge is 0.435 e. The van der Waals surface area contributed by atoms with Crippen molar-refractivity contribution in [2.24, 2.45) is 5.14 Å². The van der Waals surface area contributed by atoms with E-state index in [-0.39, 0.29) is 5.39 Å². The summed E-state index contributed by atoms with van der Waals surface area (Å²) in [6, 6.07) is 14.5. The van der Waals surface area contributed by atoms with Gasteiger partial charge in [0, 0.05) is 10.8 Å². The summed E-state index contributed by atoms with van der Waals surface area (Å²) in [5, 5.41) is 10.4. The van der Waals surface area contributed by atoms with Crippen LogP contribution in [0.1, 0.15) is 5.69 Å². The number of hydrogen-bond donors (Lipinski definition) is 1. The van der Waals surface area contributed by atoms with Crippen LogP contribution in [0.4, 0.5) is 13.2 Å². The van der Waals surface area contributed by atoms with Gasteiger partial charge in [0.25, 0.3) is 0 Å². The molecule has 2 N–H and O–H groups in total. The van der Waals surface area contributed by atoms with Gasteiger partial charge in [0.15, 0.2) is 11.4 Å². The first-order chi connectivity index (χ1) is 13.9. The fraction of sp³-hybridized carbons (Fsp3) is 0.105. The Balaban J connectivity index is 1.95. The summed E-state index contributed by atoms with van der Waals surface area (Å²) in [5.41, 5.74) is -0.171. The van der Waals surface area contributed by atoms with Gasteiger partial charge in [0.1, 0.15) is 18.0 Å². The maximum Gasteiger partial charge on any atom is 0.435 e. The molecule has 0 atom stereocenters. The van der Waals surface area contributed by atoms with Crippen LogP contribution in [0.5, 0.6) is 11.5 Å². The average molecular weight is 421 g/mol. The van der Waals surface area contributed by atoms with Crippen molar-refractivity contribution in [3.05, 3.63) is 60.3 Å². The van der Waals surface area contributed by atoms with Gasteiger partial charge in [-0.15, -0.1) is 0 Å². The van der Waals surface area contributed by atoms with Crippen LogP contribution in [0, 0.1) is 0 Å². The molecule has 1 aromatic heterocycles. The normalized spacial score (nSPS) is 11.9. The van der Waals surface area contributed by atoms with Crippen molar-refractivity contribution in [2.75, 3.05) is 7.11 Å². The predicted molar refractivity (Wildman–Crippen MR) is 104 cm³/mol. The van der Waals surface area contributed by atoms with Gasteiger partial charge in [-0.2, -0.15) is 18.3 Å². The van der Waals surface area contributed by atoms with Crippen LogP contribution in [-0.4, -0.2) is 16.9 Å². The minimum atomic E-state index is -4.60.